The molecule has 0 aliphatic rings. The number of ether oxygens (including phenoxy) is 2. The first-order valence-electron chi connectivity index (χ1n) is 8.20. The smallest absolute Gasteiger partial charge is 0.344 e. The SMILES string of the molecule is CC(C)c1ccccc1OCC(=O)O[C@H](C)C(=O)Nc1ccc(Cl)cn1. The van der Waals surface area contributed by atoms with E-state index in [9.17, 15) is 9.59 Å². The minimum Gasteiger partial charge on any atom is -0.482 e. The number of carbonyl (C=O) groups is 2. The third-order valence-corrected chi connectivity index (χ3v) is 3.77. The van der Waals surface area contributed by atoms with Gasteiger partial charge < -0.3 is 14.8 Å². The highest BCUT2D eigenvalue weighted by atomic mass is 35.5. The van der Waals surface area contributed by atoms with E-state index in [-0.39, 0.29) is 12.5 Å². The Morgan fingerprint density at radius 2 is 1.88 bits per heavy atom. The lowest BCUT2D eigenvalue weighted by Crippen LogP contribution is -2.32. The van der Waals surface area contributed by atoms with E-state index >= 15 is 0 Å². The standard InChI is InChI=1S/C19H21ClN2O4/c1-12(2)15-6-4-5-7-16(15)25-11-18(23)26-13(3)19(24)22-17-9-8-14(20)10-21-17/h4-10,12-13H,11H2,1-3H3,(H,21,22,24)/t13-/m1/s1. The number of benzene rings is 1. The number of hydrogen-bond donors (Lipinski definition) is 1. The normalized spacial score (nSPS) is 11.7. The van der Waals surface area contributed by atoms with Gasteiger partial charge in [0.1, 0.15) is 11.6 Å². The highest BCUT2D eigenvalue weighted by Crippen LogP contribution is 2.25. The van der Waals surface area contributed by atoms with E-state index in [0.29, 0.717) is 16.6 Å². The highest BCUT2D eigenvalue weighted by Gasteiger charge is 2.19. The number of hydrogen-bond acceptors (Lipinski definition) is 5. The molecule has 26 heavy (non-hydrogen) atoms. The molecule has 1 N–H and O–H groups in total. The Morgan fingerprint density at radius 3 is 2.54 bits per heavy atom. The van der Waals surface area contributed by atoms with Crippen LogP contribution in [0, 0.1) is 0 Å². The van der Waals surface area contributed by atoms with Crippen molar-refractivity contribution in [2.24, 2.45) is 0 Å². The molecule has 1 heterocycles. The number of esters is 1. The zero-order valence-corrected chi connectivity index (χ0v) is 15.6. The molecule has 0 fully saturated rings. The molecule has 0 aliphatic heterocycles. The van der Waals surface area contributed by atoms with Crippen molar-refractivity contribution in [3.8, 4) is 5.75 Å². The largest absolute Gasteiger partial charge is 0.482 e. The first-order chi connectivity index (χ1) is 12.4. The lowest BCUT2D eigenvalue weighted by molar-refractivity contribution is -0.155. The second-order valence-electron chi connectivity index (χ2n) is 5.96. The summed E-state index contributed by atoms with van der Waals surface area (Å²) >= 11 is 5.74. The van der Waals surface area contributed by atoms with Crippen LogP contribution >= 0.6 is 11.6 Å². The van der Waals surface area contributed by atoms with Crippen LogP contribution < -0.4 is 10.1 Å². The summed E-state index contributed by atoms with van der Waals surface area (Å²) < 4.78 is 10.6. The third-order valence-electron chi connectivity index (χ3n) is 3.54. The first-order valence-corrected chi connectivity index (χ1v) is 8.58. The Morgan fingerprint density at radius 1 is 1.15 bits per heavy atom. The summed E-state index contributed by atoms with van der Waals surface area (Å²) in [5.41, 5.74) is 1.000. The molecule has 1 atom stereocenters. The molecule has 2 aromatic rings. The van der Waals surface area contributed by atoms with Crippen LogP contribution in [0.25, 0.3) is 0 Å². The predicted octanol–water partition coefficient (Wildman–Crippen LogP) is 3.81. The number of nitrogens with one attached hydrogen (secondary N) is 1. The van der Waals surface area contributed by atoms with Crippen molar-refractivity contribution in [2.75, 3.05) is 11.9 Å². The number of amides is 1. The lowest BCUT2D eigenvalue weighted by atomic mass is 10.0. The number of aromatic nitrogens is 1. The van der Waals surface area contributed by atoms with E-state index in [2.05, 4.69) is 10.3 Å². The third kappa shape index (κ3) is 5.74. The van der Waals surface area contributed by atoms with E-state index in [1.165, 1.54) is 13.1 Å². The summed E-state index contributed by atoms with van der Waals surface area (Å²) in [5.74, 6) is 0.0937. The van der Waals surface area contributed by atoms with Gasteiger partial charge in [-0.05, 0) is 36.6 Å². The Hall–Kier alpha value is -2.60. The minimum absolute atomic E-state index is 0.263. The monoisotopic (exact) mass is 376 g/mol. The van der Waals surface area contributed by atoms with Gasteiger partial charge in [-0.15, -0.1) is 0 Å². The van der Waals surface area contributed by atoms with Gasteiger partial charge in [-0.25, -0.2) is 9.78 Å². The number of pyridine rings is 1. The van der Waals surface area contributed by atoms with Gasteiger partial charge in [0, 0.05) is 6.20 Å². The summed E-state index contributed by atoms with van der Waals surface area (Å²) in [4.78, 5) is 28.0. The van der Waals surface area contributed by atoms with Crippen molar-refractivity contribution < 1.29 is 19.1 Å². The van der Waals surface area contributed by atoms with E-state index in [0.717, 1.165) is 5.56 Å². The van der Waals surface area contributed by atoms with E-state index in [1.54, 1.807) is 18.2 Å². The maximum absolute atomic E-state index is 12.0. The highest BCUT2D eigenvalue weighted by molar-refractivity contribution is 6.30. The summed E-state index contributed by atoms with van der Waals surface area (Å²) in [7, 11) is 0. The van der Waals surface area contributed by atoms with Gasteiger partial charge >= 0.3 is 5.97 Å². The molecule has 0 saturated carbocycles. The van der Waals surface area contributed by atoms with Crippen molar-refractivity contribution in [3.63, 3.8) is 0 Å². The van der Waals surface area contributed by atoms with Gasteiger partial charge in [0.25, 0.3) is 5.91 Å². The van der Waals surface area contributed by atoms with Gasteiger partial charge in [0.15, 0.2) is 12.7 Å². The Labute approximate surface area is 157 Å². The molecule has 1 aromatic heterocycles. The molecule has 0 saturated heterocycles. The van der Waals surface area contributed by atoms with E-state index in [4.69, 9.17) is 21.1 Å². The molecular formula is C19H21ClN2O4. The second kappa shape index (κ2) is 9.20. The molecule has 0 bridgehead atoms. The maximum Gasteiger partial charge on any atom is 0.344 e. The van der Waals surface area contributed by atoms with Gasteiger partial charge in [-0.1, -0.05) is 43.6 Å². The van der Waals surface area contributed by atoms with Crippen molar-refractivity contribution in [3.05, 3.63) is 53.2 Å². The summed E-state index contributed by atoms with van der Waals surface area (Å²) in [6.45, 7) is 5.28. The topological polar surface area (TPSA) is 77.5 Å². The minimum atomic E-state index is -0.982. The summed E-state index contributed by atoms with van der Waals surface area (Å²) in [6, 6.07) is 10.6. The molecule has 6 nitrogen and oxygen atoms in total. The molecule has 0 aliphatic carbocycles. The molecule has 7 heteroatoms. The lowest BCUT2D eigenvalue weighted by Gasteiger charge is -2.15. The fraction of sp³-hybridized carbons (Fsp3) is 0.316. The fourth-order valence-corrected chi connectivity index (χ4v) is 2.30. The number of rotatable bonds is 7. The van der Waals surface area contributed by atoms with Crippen molar-refractivity contribution in [1.82, 2.24) is 4.98 Å². The number of anilines is 1. The van der Waals surface area contributed by atoms with Gasteiger partial charge in [0.05, 0.1) is 5.02 Å². The molecule has 0 unspecified atom stereocenters. The van der Waals surface area contributed by atoms with Crippen molar-refractivity contribution in [2.45, 2.75) is 32.8 Å². The quantitative estimate of drug-likeness (QED) is 0.743. The molecule has 138 valence electrons. The van der Waals surface area contributed by atoms with E-state index < -0.39 is 18.0 Å². The Bertz CT molecular complexity index is 762. The maximum atomic E-state index is 12.0. The van der Waals surface area contributed by atoms with Gasteiger partial charge in [-0.2, -0.15) is 0 Å². The van der Waals surface area contributed by atoms with Gasteiger partial charge in [-0.3, -0.25) is 4.79 Å². The Balaban J connectivity index is 1.85. The molecule has 0 radical (unpaired) electrons. The van der Waals surface area contributed by atoms with Gasteiger partial charge in [0.2, 0.25) is 0 Å². The van der Waals surface area contributed by atoms with Crippen molar-refractivity contribution >= 4 is 29.3 Å². The average molecular weight is 377 g/mol. The summed E-state index contributed by atoms with van der Waals surface area (Å²) in [6.07, 6.45) is 0.428. The Kier molecular flexibility index (Phi) is 6.97. The molecule has 1 aromatic carbocycles. The van der Waals surface area contributed by atoms with Crippen LogP contribution in [0.15, 0.2) is 42.6 Å². The predicted molar refractivity (Wildman–Crippen MR) is 99.5 cm³/mol. The van der Waals surface area contributed by atoms with Crippen LogP contribution in [0.3, 0.4) is 0 Å². The van der Waals surface area contributed by atoms with E-state index in [1.807, 2.05) is 32.0 Å². The van der Waals surface area contributed by atoms with Crippen LogP contribution in [-0.4, -0.2) is 29.6 Å². The molecule has 1 amide bonds. The van der Waals surface area contributed by atoms with Crippen LogP contribution in [0.4, 0.5) is 5.82 Å². The van der Waals surface area contributed by atoms with Crippen LogP contribution in [0.2, 0.25) is 5.02 Å². The van der Waals surface area contributed by atoms with Crippen LogP contribution in [0.1, 0.15) is 32.3 Å². The first kappa shape index (κ1) is 19.7. The van der Waals surface area contributed by atoms with Crippen LogP contribution in [0.5, 0.6) is 5.75 Å². The van der Waals surface area contributed by atoms with Crippen LogP contribution in [-0.2, 0) is 14.3 Å². The number of halogens is 1. The average Bonchev–Trinajstić information content (AvgIpc) is 2.62. The number of para-hydroxylation sites is 1. The molecule has 2 rings (SSSR count). The molecular weight excluding hydrogens is 356 g/mol. The molecule has 0 spiro atoms. The number of nitrogens with zero attached hydrogens (tertiary/aromatic N) is 1. The zero-order chi connectivity index (χ0) is 19.1. The summed E-state index contributed by atoms with van der Waals surface area (Å²) in [5, 5.41) is 3.00. The zero-order valence-electron chi connectivity index (χ0n) is 14.9. The number of carbonyl (C=O) groups excluding carboxylic acids is 2. The second-order valence-corrected chi connectivity index (χ2v) is 6.40. The van der Waals surface area contributed by atoms with Crippen molar-refractivity contribution in [1.29, 1.82) is 0 Å². The fourth-order valence-electron chi connectivity index (χ4n) is 2.19.